The van der Waals surface area contributed by atoms with Crippen LogP contribution in [-0.4, -0.2) is 52.0 Å². The van der Waals surface area contributed by atoms with Crippen LogP contribution in [0.2, 0.25) is 0 Å². The van der Waals surface area contributed by atoms with Crippen LogP contribution in [0.5, 0.6) is 0 Å². The highest BCUT2D eigenvalue weighted by atomic mass is 32.2. The molecule has 1 fully saturated rings. The average Bonchev–Trinajstić information content (AvgIpc) is 3.58. The summed E-state index contributed by atoms with van der Waals surface area (Å²) in [6.45, 7) is 9.82. The van der Waals surface area contributed by atoms with E-state index >= 15 is 4.39 Å². The van der Waals surface area contributed by atoms with E-state index in [-0.39, 0.29) is 22.4 Å². The third-order valence-corrected chi connectivity index (χ3v) is 9.67. The van der Waals surface area contributed by atoms with Gasteiger partial charge in [0.2, 0.25) is 16.0 Å². The normalized spacial score (nSPS) is 14.8. The van der Waals surface area contributed by atoms with Gasteiger partial charge in [0.05, 0.1) is 50.6 Å². The molecule has 0 amide bonds. The lowest BCUT2D eigenvalue weighted by Crippen LogP contribution is -2.29. The molecule has 1 aliphatic heterocycles. The summed E-state index contributed by atoms with van der Waals surface area (Å²) in [5.74, 6) is -0.400. The van der Waals surface area contributed by atoms with Crippen LogP contribution in [0.1, 0.15) is 58.0 Å². The third-order valence-electron chi connectivity index (χ3n) is 6.69. The van der Waals surface area contributed by atoms with Gasteiger partial charge in [0, 0.05) is 23.4 Å². The molecule has 4 aromatic rings. The first kappa shape index (κ1) is 29.1. The number of thiazole rings is 1. The lowest BCUT2D eigenvalue weighted by Gasteiger charge is -2.22. The molecule has 0 saturated carbocycles. The molecule has 4 heterocycles. The van der Waals surface area contributed by atoms with Crippen molar-refractivity contribution >= 4 is 38.7 Å². The second kappa shape index (κ2) is 11.8. The summed E-state index contributed by atoms with van der Waals surface area (Å²) >= 11 is 1.43. The predicted octanol–water partition coefficient (Wildman–Crippen LogP) is 5.72. The van der Waals surface area contributed by atoms with E-state index in [1.165, 1.54) is 17.4 Å². The molecule has 1 aliphatic rings. The Labute approximate surface area is 243 Å². The quantitative estimate of drug-likeness (QED) is 0.223. The molecule has 218 valence electrons. The van der Waals surface area contributed by atoms with Gasteiger partial charge in [0.1, 0.15) is 0 Å². The lowest BCUT2D eigenvalue weighted by molar-refractivity contribution is 0.343. The van der Waals surface area contributed by atoms with Crippen LogP contribution in [0, 0.1) is 5.82 Å². The smallest absolute Gasteiger partial charge is 0.232 e. The van der Waals surface area contributed by atoms with Gasteiger partial charge in [0.15, 0.2) is 5.82 Å². The number of benzene rings is 1. The molecular formula is C28H35FN8O2S2. The summed E-state index contributed by atoms with van der Waals surface area (Å²) in [5.41, 5.74) is 1.54. The first-order valence-corrected chi connectivity index (χ1v) is 16.2. The van der Waals surface area contributed by atoms with Crippen molar-refractivity contribution in [3.8, 4) is 21.8 Å². The minimum Gasteiger partial charge on any atom is -0.321 e. The number of sulfonamides is 1. The average molecular weight is 599 g/mol. The van der Waals surface area contributed by atoms with Crippen molar-refractivity contribution in [2.45, 2.75) is 58.4 Å². The van der Waals surface area contributed by atoms with Gasteiger partial charge in [-0.25, -0.2) is 27.8 Å². The Balaban J connectivity index is 1.49. The van der Waals surface area contributed by atoms with Crippen molar-refractivity contribution < 1.29 is 12.8 Å². The van der Waals surface area contributed by atoms with E-state index in [0.29, 0.717) is 34.7 Å². The maximum Gasteiger partial charge on any atom is 0.232 e. The molecule has 3 N–H and O–H groups in total. The Morgan fingerprint density at radius 2 is 1.95 bits per heavy atom. The number of halogens is 1. The van der Waals surface area contributed by atoms with Gasteiger partial charge in [-0.2, -0.15) is 5.10 Å². The highest BCUT2D eigenvalue weighted by Crippen LogP contribution is 2.42. The molecule has 3 aromatic heterocycles. The third kappa shape index (κ3) is 6.74. The molecule has 0 radical (unpaired) electrons. The molecule has 13 heteroatoms. The maximum atomic E-state index is 15.8. The molecule has 10 nitrogen and oxygen atoms in total. The molecule has 0 aliphatic carbocycles. The number of nitrogens with zero attached hydrogens (tertiary/aromatic N) is 5. The van der Waals surface area contributed by atoms with E-state index in [2.05, 4.69) is 25.4 Å². The number of aromatic nitrogens is 5. The zero-order valence-corrected chi connectivity index (χ0v) is 25.2. The van der Waals surface area contributed by atoms with Crippen LogP contribution >= 0.6 is 11.3 Å². The van der Waals surface area contributed by atoms with E-state index in [9.17, 15) is 8.42 Å². The number of hydrogen-bond donors (Lipinski definition) is 3. The van der Waals surface area contributed by atoms with Crippen LogP contribution in [0.4, 0.5) is 21.7 Å². The van der Waals surface area contributed by atoms with Crippen LogP contribution in [-0.2, 0) is 15.4 Å². The minimum absolute atomic E-state index is 0.0970. The molecular weight excluding hydrogens is 563 g/mol. The largest absolute Gasteiger partial charge is 0.321 e. The predicted molar refractivity (Wildman–Crippen MR) is 162 cm³/mol. The van der Waals surface area contributed by atoms with Gasteiger partial charge in [-0.3, -0.25) is 9.40 Å². The topological polar surface area (TPSA) is 127 Å². The van der Waals surface area contributed by atoms with Gasteiger partial charge in [-0.1, -0.05) is 33.8 Å². The summed E-state index contributed by atoms with van der Waals surface area (Å²) in [7, 11) is -3.67. The first-order valence-electron chi connectivity index (χ1n) is 13.7. The van der Waals surface area contributed by atoms with Crippen LogP contribution in [0.3, 0.4) is 0 Å². The zero-order valence-electron chi connectivity index (χ0n) is 23.6. The fourth-order valence-corrected chi connectivity index (χ4v) is 6.87. The number of piperidine rings is 1. The Kier molecular flexibility index (Phi) is 8.39. The highest BCUT2D eigenvalue weighted by Gasteiger charge is 2.26. The fourth-order valence-electron chi connectivity index (χ4n) is 4.63. The van der Waals surface area contributed by atoms with E-state index in [4.69, 9.17) is 9.97 Å². The summed E-state index contributed by atoms with van der Waals surface area (Å²) < 4.78 is 45.0. The number of hydrogen-bond acceptors (Lipinski definition) is 9. The van der Waals surface area contributed by atoms with Gasteiger partial charge in [0.25, 0.3) is 0 Å². The number of nitrogens with one attached hydrogen (secondary N) is 3. The van der Waals surface area contributed by atoms with Crippen molar-refractivity contribution in [2.24, 2.45) is 0 Å². The van der Waals surface area contributed by atoms with Crippen molar-refractivity contribution in [1.29, 1.82) is 0 Å². The van der Waals surface area contributed by atoms with Crippen LogP contribution < -0.4 is 15.4 Å². The molecule has 1 saturated heterocycles. The van der Waals surface area contributed by atoms with Crippen LogP contribution in [0.15, 0.2) is 42.9 Å². The molecule has 1 aromatic carbocycles. The van der Waals surface area contributed by atoms with Gasteiger partial charge in [-0.15, -0.1) is 11.3 Å². The van der Waals surface area contributed by atoms with Crippen LogP contribution in [0.25, 0.3) is 21.8 Å². The fraction of sp³-hybridized carbons (Fsp3) is 0.429. The highest BCUT2D eigenvalue weighted by molar-refractivity contribution is 7.92. The van der Waals surface area contributed by atoms with E-state index < -0.39 is 15.8 Å². The molecule has 0 bridgehead atoms. The van der Waals surface area contributed by atoms with Crippen molar-refractivity contribution in [3.63, 3.8) is 0 Å². The van der Waals surface area contributed by atoms with Crippen molar-refractivity contribution in [2.75, 3.05) is 28.9 Å². The minimum atomic E-state index is -3.67. The standard InChI is InChI=1S/C28H35FN8O2S2/c1-5-15-41(38,39)36-21-8-6-7-20(23(21)29)24-25(40-26(35-24)28(2,3)4)22-11-14-31-27(34-22)33-18-16-32-37(17-18)19-9-12-30-13-10-19/h6-8,11,14,16-17,19,30,36H,5,9-10,12-13,15H2,1-4H3,(H,31,33,34). The summed E-state index contributed by atoms with van der Waals surface area (Å²) in [6.07, 6.45) is 7.83. The monoisotopic (exact) mass is 598 g/mol. The van der Waals surface area contributed by atoms with E-state index in [1.54, 1.807) is 37.5 Å². The summed E-state index contributed by atoms with van der Waals surface area (Å²) in [6, 6.07) is 6.76. The second-order valence-corrected chi connectivity index (χ2v) is 14.0. The SMILES string of the molecule is CCCS(=O)(=O)Nc1cccc(-c2nc(C(C)(C)C)sc2-c2ccnc(Nc3cnn(C4CCNCC4)c3)n2)c1F. The zero-order chi connectivity index (χ0) is 29.2. The Bertz CT molecular complexity index is 1620. The maximum absolute atomic E-state index is 15.8. The molecule has 0 atom stereocenters. The van der Waals surface area contributed by atoms with Gasteiger partial charge >= 0.3 is 0 Å². The Morgan fingerprint density at radius 3 is 2.68 bits per heavy atom. The van der Waals surface area contributed by atoms with Crippen molar-refractivity contribution in [3.05, 3.63) is 53.7 Å². The van der Waals surface area contributed by atoms with Gasteiger partial charge < -0.3 is 10.6 Å². The van der Waals surface area contributed by atoms with Crippen molar-refractivity contribution in [1.82, 2.24) is 30.0 Å². The molecule has 41 heavy (non-hydrogen) atoms. The number of anilines is 3. The summed E-state index contributed by atoms with van der Waals surface area (Å²) in [4.78, 5) is 14.6. The summed E-state index contributed by atoms with van der Waals surface area (Å²) in [5, 5.41) is 11.9. The van der Waals surface area contributed by atoms with E-state index in [1.807, 2.05) is 31.6 Å². The molecule has 0 unspecified atom stereocenters. The second-order valence-electron chi connectivity index (χ2n) is 11.1. The first-order chi connectivity index (χ1) is 19.5. The Hall–Kier alpha value is -3.42. The molecule has 5 rings (SSSR count). The van der Waals surface area contributed by atoms with E-state index in [0.717, 1.165) is 36.6 Å². The number of rotatable bonds is 9. The molecule has 0 spiro atoms. The van der Waals surface area contributed by atoms with Gasteiger partial charge in [-0.05, 0) is 50.6 Å². The Morgan fingerprint density at radius 1 is 1.17 bits per heavy atom. The lowest BCUT2D eigenvalue weighted by atomic mass is 9.98.